The molecule has 0 radical (unpaired) electrons. The number of piperidine rings is 1. The van der Waals surface area contributed by atoms with E-state index in [0.29, 0.717) is 43.9 Å². The lowest BCUT2D eigenvalue weighted by Gasteiger charge is -2.41. The highest BCUT2D eigenvalue weighted by Gasteiger charge is 2.59. The van der Waals surface area contributed by atoms with Crippen molar-refractivity contribution in [3.05, 3.63) is 34.9 Å². The second-order valence-corrected chi connectivity index (χ2v) is 8.66. The third kappa shape index (κ3) is 2.96. The largest absolute Gasteiger partial charge is 0.393 e. The van der Waals surface area contributed by atoms with E-state index in [1.54, 1.807) is 0 Å². The number of hydrogen-bond donors (Lipinski definition) is 1. The van der Waals surface area contributed by atoms with Gasteiger partial charge in [-0.05, 0) is 50.2 Å². The average Bonchev–Trinajstić information content (AvgIpc) is 3.19. The topological polar surface area (TPSA) is 43.8 Å². The fourth-order valence-electron chi connectivity index (χ4n) is 5.51. The van der Waals surface area contributed by atoms with E-state index in [1.807, 2.05) is 23.1 Å². The summed E-state index contributed by atoms with van der Waals surface area (Å²) in [6.45, 7) is 4.40. The Morgan fingerprint density at radius 3 is 2.65 bits per heavy atom. The van der Waals surface area contributed by atoms with Crippen LogP contribution in [0.1, 0.15) is 51.0 Å². The zero-order valence-electron chi connectivity index (χ0n) is 15.5. The standard InChI is InChI=1S/C21H29ClN2O2/c1-2-21(20(26)23-11-9-17(25)10-12-23)13-16-7-8-19(21)24(16)14-15-5-3-4-6-18(15)22/h3-6,16-17,19,25H,2,7-14H2,1H3/t16-,19+,21+/m0/s1. The Labute approximate surface area is 161 Å². The molecule has 3 aliphatic rings. The Kier molecular flexibility index (Phi) is 5.02. The van der Waals surface area contributed by atoms with Crippen molar-refractivity contribution >= 4 is 17.5 Å². The number of benzene rings is 1. The second kappa shape index (κ2) is 7.14. The van der Waals surface area contributed by atoms with Crippen molar-refractivity contribution in [2.24, 2.45) is 5.41 Å². The highest BCUT2D eigenvalue weighted by atomic mass is 35.5. The van der Waals surface area contributed by atoms with Crippen LogP contribution in [-0.4, -0.2) is 52.1 Å². The Balaban J connectivity index is 1.55. The number of halogens is 1. The molecule has 3 aliphatic heterocycles. The lowest BCUT2D eigenvalue weighted by molar-refractivity contribution is -0.146. The smallest absolute Gasteiger partial charge is 0.230 e. The normalized spacial score (nSPS) is 32.3. The number of carbonyl (C=O) groups is 1. The first-order valence-corrected chi connectivity index (χ1v) is 10.4. The van der Waals surface area contributed by atoms with Crippen molar-refractivity contribution in [3.8, 4) is 0 Å². The predicted molar refractivity (Wildman–Crippen MR) is 103 cm³/mol. The van der Waals surface area contributed by atoms with E-state index in [4.69, 9.17) is 11.6 Å². The van der Waals surface area contributed by atoms with Gasteiger partial charge in [0.05, 0.1) is 11.5 Å². The predicted octanol–water partition coefficient (Wildman–Crippen LogP) is 3.46. The van der Waals surface area contributed by atoms with Crippen molar-refractivity contribution in [3.63, 3.8) is 0 Å². The number of likely N-dealkylation sites (tertiary alicyclic amines) is 1. The average molecular weight is 377 g/mol. The molecule has 3 atom stereocenters. The van der Waals surface area contributed by atoms with E-state index in [-0.39, 0.29) is 11.5 Å². The van der Waals surface area contributed by atoms with Crippen molar-refractivity contribution < 1.29 is 9.90 Å². The van der Waals surface area contributed by atoms with Gasteiger partial charge in [0.2, 0.25) is 5.91 Å². The van der Waals surface area contributed by atoms with Crippen LogP contribution in [-0.2, 0) is 11.3 Å². The summed E-state index contributed by atoms with van der Waals surface area (Å²) in [5.74, 6) is 0.322. The molecule has 3 saturated heterocycles. The summed E-state index contributed by atoms with van der Waals surface area (Å²) in [6, 6.07) is 8.85. The molecule has 0 unspecified atom stereocenters. The molecule has 1 N–H and O–H groups in total. The van der Waals surface area contributed by atoms with Crippen molar-refractivity contribution in [1.29, 1.82) is 0 Å². The van der Waals surface area contributed by atoms with E-state index in [2.05, 4.69) is 17.9 Å². The molecule has 0 aromatic heterocycles. The van der Waals surface area contributed by atoms with Crippen molar-refractivity contribution in [2.75, 3.05) is 13.1 Å². The van der Waals surface area contributed by atoms with E-state index < -0.39 is 0 Å². The summed E-state index contributed by atoms with van der Waals surface area (Å²) in [5.41, 5.74) is 0.901. The summed E-state index contributed by atoms with van der Waals surface area (Å²) >= 11 is 6.40. The number of aliphatic hydroxyl groups is 1. The molecule has 1 aromatic carbocycles. The minimum atomic E-state index is -0.257. The van der Waals surface area contributed by atoms with Gasteiger partial charge in [0.15, 0.2) is 0 Å². The summed E-state index contributed by atoms with van der Waals surface area (Å²) in [4.78, 5) is 18.1. The molecular weight excluding hydrogens is 348 g/mol. The second-order valence-electron chi connectivity index (χ2n) is 8.25. The first-order chi connectivity index (χ1) is 12.5. The highest BCUT2D eigenvalue weighted by molar-refractivity contribution is 6.31. The van der Waals surface area contributed by atoms with E-state index in [9.17, 15) is 9.90 Å². The van der Waals surface area contributed by atoms with Gasteiger partial charge in [0, 0.05) is 36.7 Å². The zero-order valence-corrected chi connectivity index (χ0v) is 16.3. The molecule has 142 valence electrons. The van der Waals surface area contributed by atoms with E-state index >= 15 is 0 Å². The molecule has 5 heteroatoms. The maximum absolute atomic E-state index is 13.5. The van der Waals surface area contributed by atoms with Crippen LogP contribution in [0.2, 0.25) is 5.02 Å². The number of amides is 1. The van der Waals surface area contributed by atoms with Gasteiger partial charge in [0.1, 0.15) is 0 Å². The van der Waals surface area contributed by atoms with Crippen molar-refractivity contribution in [1.82, 2.24) is 9.80 Å². The Morgan fingerprint density at radius 1 is 1.23 bits per heavy atom. The van der Waals surface area contributed by atoms with Gasteiger partial charge in [-0.3, -0.25) is 9.69 Å². The molecule has 3 heterocycles. The van der Waals surface area contributed by atoms with Crippen LogP contribution in [0.25, 0.3) is 0 Å². The fraction of sp³-hybridized carbons (Fsp3) is 0.667. The van der Waals surface area contributed by atoms with Crippen LogP contribution in [0.3, 0.4) is 0 Å². The molecule has 4 rings (SSSR count). The quantitative estimate of drug-likeness (QED) is 0.875. The molecule has 0 saturated carbocycles. The molecular formula is C21H29ClN2O2. The Morgan fingerprint density at radius 2 is 1.96 bits per heavy atom. The van der Waals surface area contributed by atoms with Gasteiger partial charge in [-0.1, -0.05) is 36.7 Å². The maximum atomic E-state index is 13.5. The van der Waals surface area contributed by atoms with Gasteiger partial charge in [-0.15, -0.1) is 0 Å². The van der Waals surface area contributed by atoms with Gasteiger partial charge in [0.25, 0.3) is 0 Å². The molecule has 4 nitrogen and oxygen atoms in total. The molecule has 2 bridgehead atoms. The summed E-state index contributed by atoms with van der Waals surface area (Å²) < 4.78 is 0. The number of hydrogen-bond acceptors (Lipinski definition) is 3. The van der Waals surface area contributed by atoms with Gasteiger partial charge < -0.3 is 10.0 Å². The van der Waals surface area contributed by atoms with Crippen LogP contribution >= 0.6 is 11.6 Å². The molecule has 26 heavy (non-hydrogen) atoms. The third-order valence-electron chi connectivity index (χ3n) is 7.00. The first-order valence-electron chi connectivity index (χ1n) is 10.0. The third-order valence-corrected chi connectivity index (χ3v) is 7.37. The molecule has 1 aromatic rings. The molecule has 3 fully saturated rings. The van der Waals surface area contributed by atoms with E-state index in [1.165, 1.54) is 6.42 Å². The minimum absolute atomic E-state index is 0.242. The summed E-state index contributed by atoms with van der Waals surface area (Å²) in [5, 5.41) is 10.6. The first kappa shape index (κ1) is 18.3. The number of aliphatic hydroxyl groups excluding tert-OH is 1. The van der Waals surface area contributed by atoms with Crippen LogP contribution < -0.4 is 0 Å². The molecule has 1 amide bonds. The maximum Gasteiger partial charge on any atom is 0.230 e. The zero-order chi connectivity index (χ0) is 18.3. The van der Waals surface area contributed by atoms with Crippen LogP contribution in [0, 0.1) is 5.41 Å². The molecule has 0 spiro atoms. The fourth-order valence-corrected chi connectivity index (χ4v) is 5.71. The van der Waals surface area contributed by atoms with Crippen LogP contribution in [0.4, 0.5) is 0 Å². The van der Waals surface area contributed by atoms with Gasteiger partial charge >= 0.3 is 0 Å². The number of fused-ring (bicyclic) bond motifs is 2. The number of nitrogens with zero attached hydrogens (tertiary/aromatic N) is 2. The van der Waals surface area contributed by atoms with Crippen molar-refractivity contribution in [2.45, 2.75) is 70.2 Å². The van der Waals surface area contributed by atoms with Crippen LogP contribution in [0.5, 0.6) is 0 Å². The minimum Gasteiger partial charge on any atom is -0.393 e. The Hall–Kier alpha value is -1.10. The van der Waals surface area contributed by atoms with E-state index in [0.717, 1.165) is 36.4 Å². The SMILES string of the molecule is CC[C@@]1(C(=O)N2CCC(O)CC2)C[C@@H]2CC[C@H]1N2Cc1ccccc1Cl. The lowest BCUT2D eigenvalue weighted by Crippen LogP contribution is -2.52. The number of carbonyl (C=O) groups excluding carboxylic acids is 1. The molecule has 0 aliphatic carbocycles. The Bertz CT molecular complexity index is 674. The summed E-state index contributed by atoms with van der Waals surface area (Å²) in [7, 11) is 0. The van der Waals surface area contributed by atoms with Crippen LogP contribution in [0.15, 0.2) is 24.3 Å². The van der Waals surface area contributed by atoms with Gasteiger partial charge in [-0.25, -0.2) is 0 Å². The lowest BCUT2D eigenvalue weighted by atomic mass is 9.70. The highest BCUT2D eigenvalue weighted by Crippen LogP contribution is 2.53. The van der Waals surface area contributed by atoms with Gasteiger partial charge in [-0.2, -0.15) is 0 Å². The number of rotatable bonds is 4. The monoisotopic (exact) mass is 376 g/mol. The summed E-state index contributed by atoms with van der Waals surface area (Å²) in [6.07, 6.45) is 5.33.